The summed E-state index contributed by atoms with van der Waals surface area (Å²) >= 11 is 0. The smallest absolute Gasteiger partial charge is 0.293 e. The molecule has 0 unspecified atom stereocenters. The van der Waals surface area contributed by atoms with Gasteiger partial charge in [0.15, 0.2) is 0 Å². The average molecular weight is 343 g/mol. The molecule has 0 atom stereocenters. The molecule has 1 aromatic carbocycles. The first kappa shape index (κ1) is 17.6. The third-order valence-electron chi connectivity index (χ3n) is 3.84. The summed E-state index contributed by atoms with van der Waals surface area (Å²) in [5.74, 6) is 0. The highest BCUT2D eigenvalue weighted by Gasteiger charge is 2.27. The molecule has 0 saturated carbocycles. The number of sulfonamides is 1. The second-order valence-electron chi connectivity index (χ2n) is 5.10. The van der Waals surface area contributed by atoms with Gasteiger partial charge in [-0.05, 0) is 12.1 Å². The fourth-order valence-corrected chi connectivity index (χ4v) is 4.07. The molecule has 8 nitrogen and oxygen atoms in total. The zero-order chi connectivity index (χ0) is 17.0. The molecule has 1 saturated heterocycles. The fourth-order valence-electron chi connectivity index (χ4n) is 2.59. The normalized spacial score (nSPS) is 15.9. The van der Waals surface area contributed by atoms with E-state index in [4.69, 9.17) is 4.74 Å². The van der Waals surface area contributed by atoms with Gasteiger partial charge in [0.1, 0.15) is 5.69 Å². The molecule has 0 N–H and O–H groups in total. The largest absolute Gasteiger partial charge is 0.378 e. The Balaban J connectivity index is 2.45. The maximum atomic E-state index is 12.5. The van der Waals surface area contributed by atoms with E-state index in [0.717, 1.165) is 6.07 Å². The minimum absolute atomic E-state index is 0.0510. The Morgan fingerprint density at radius 3 is 2.39 bits per heavy atom. The van der Waals surface area contributed by atoms with Gasteiger partial charge in [-0.1, -0.05) is 13.8 Å². The molecule has 1 aromatic rings. The van der Waals surface area contributed by atoms with Gasteiger partial charge in [-0.15, -0.1) is 0 Å². The number of benzene rings is 1. The van der Waals surface area contributed by atoms with E-state index in [2.05, 4.69) is 0 Å². The maximum Gasteiger partial charge on any atom is 0.293 e. The molecule has 0 radical (unpaired) electrons. The summed E-state index contributed by atoms with van der Waals surface area (Å²) in [7, 11) is -3.72. The first-order chi connectivity index (χ1) is 10.9. The monoisotopic (exact) mass is 343 g/mol. The quantitative estimate of drug-likeness (QED) is 0.573. The Morgan fingerprint density at radius 1 is 1.26 bits per heavy atom. The summed E-state index contributed by atoms with van der Waals surface area (Å²) in [6.45, 7) is 6.18. The van der Waals surface area contributed by atoms with Crippen LogP contribution in [0.15, 0.2) is 23.1 Å². The molecule has 2 rings (SSSR count). The second kappa shape index (κ2) is 7.24. The van der Waals surface area contributed by atoms with E-state index in [1.165, 1.54) is 16.4 Å². The number of morpholine rings is 1. The molecule has 9 heteroatoms. The molecule has 0 bridgehead atoms. The Hall–Kier alpha value is -1.71. The lowest BCUT2D eigenvalue weighted by atomic mass is 10.2. The third-order valence-corrected chi connectivity index (χ3v) is 5.88. The van der Waals surface area contributed by atoms with E-state index in [1.54, 1.807) is 13.8 Å². The van der Waals surface area contributed by atoms with Crippen molar-refractivity contribution in [2.24, 2.45) is 0 Å². The third kappa shape index (κ3) is 3.62. The number of rotatable bonds is 6. The number of nitro groups is 1. The van der Waals surface area contributed by atoms with Crippen LogP contribution in [0.3, 0.4) is 0 Å². The lowest BCUT2D eigenvalue weighted by molar-refractivity contribution is -0.384. The molecule has 1 fully saturated rings. The zero-order valence-corrected chi connectivity index (χ0v) is 14.1. The van der Waals surface area contributed by atoms with Crippen molar-refractivity contribution in [2.45, 2.75) is 18.7 Å². The topological polar surface area (TPSA) is 93.0 Å². The van der Waals surface area contributed by atoms with Crippen molar-refractivity contribution < 1.29 is 18.1 Å². The van der Waals surface area contributed by atoms with Crippen molar-refractivity contribution in [3.05, 3.63) is 28.3 Å². The number of nitro benzene ring substituents is 1. The number of anilines is 1. The second-order valence-corrected chi connectivity index (χ2v) is 7.03. The Morgan fingerprint density at radius 2 is 1.87 bits per heavy atom. The number of ether oxygens (including phenoxy) is 1. The Kier molecular flexibility index (Phi) is 5.55. The fraction of sp³-hybridized carbons (Fsp3) is 0.571. The highest BCUT2D eigenvalue weighted by atomic mass is 32.2. The molecule has 0 amide bonds. The molecular weight excluding hydrogens is 322 g/mol. The van der Waals surface area contributed by atoms with Gasteiger partial charge in [-0.3, -0.25) is 10.1 Å². The molecule has 0 spiro atoms. The summed E-state index contributed by atoms with van der Waals surface area (Å²) in [6, 6.07) is 4.10. The summed E-state index contributed by atoms with van der Waals surface area (Å²) < 4.78 is 31.6. The van der Waals surface area contributed by atoms with Gasteiger partial charge in [0, 0.05) is 32.2 Å². The van der Waals surface area contributed by atoms with E-state index in [0.29, 0.717) is 45.1 Å². The summed E-state index contributed by atoms with van der Waals surface area (Å²) in [5.41, 5.74) is 0.233. The Bertz CT molecular complexity index is 667. The van der Waals surface area contributed by atoms with Gasteiger partial charge in [0.2, 0.25) is 10.0 Å². The van der Waals surface area contributed by atoms with Gasteiger partial charge in [-0.25, -0.2) is 8.42 Å². The van der Waals surface area contributed by atoms with Gasteiger partial charge in [0.05, 0.1) is 23.0 Å². The maximum absolute atomic E-state index is 12.5. The SMILES string of the molecule is CCN(CC)S(=O)(=O)c1ccc(N2CCOCC2)c([N+](=O)[O-])c1. The summed E-state index contributed by atoms with van der Waals surface area (Å²) in [5, 5.41) is 11.4. The van der Waals surface area contributed by atoms with Crippen LogP contribution < -0.4 is 4.90 Å². The van der Waals surface area contributed by atoms with Crippen molar-refractivity contribution >= 4 is 21.4 Å². The average Bonchev–Trinajstić information content (AvgIpc) is 2.56. The van der Waals surface area contributed by atoms with Crippen LogP contribution in [0.2, 0.25) is 0 Å². The molecule has 1 aliphatic rings. The first-order valence-electron chi connectivity index (χ1n) is 7.53. The van der Waals surface area contributed by atoms with Gasteiger partial charge < -0.3 is 9.64 Å². The van der Waals surface area contributed by atoms with Crippen LogP contribution in [0, 0.1) is 10.1 Å². The number of hydrogen-bond acceptors (Lipinski definition) is 6. The van der Waals surface area contributed by atoms with Crippen LogP contribution in [0.25, 0.3) is 0 Å². The molecule has 23 heavy (non-hydrogen) atoms. The van der Waals surface area contributed by atoms with E-state index in [-0.39, 0.29) is 10.6 Å². The van der Waals surface area contributed by atoms with Crippen molar-refractivity contribution in [1.29, 1.82) is 0 Å². The minimum atomic E-state index is -3.72. The van der Waals surface area contributed by atoms with Crippen molar-refractivity contribution in [1.82, 2.24) is 4.31 Å². The summed E-state index contributed by atoms with van der Waals surface area (Å²) in [6.07, 6.45) is 0. The van der Waals surface area contributed by atoms with Gasteiger partial charge >= 0.3 is 0 Å². The first-order valence-corrected chi connectivity index (χ1v) is 8.97. The van der Waals surface area contributed by atoms with E-state index >= 15 is 0 Å². The van der Waals surface area contributed by atoms with Crippen LogP contribution in [0.4, 0.5) is 11.4 Å². The van der Waals surface area contributed by atoms with E-state index in [1.807, 2.05) is 4.90 Å². The van der Waals surface area contributed by atoms with Crippen LogP contribution >= 0.6 is 0 Å². The van der Waals surface area contributed by atoms with Gasteiger partial charge in [-0.2, -0.15) is 4.31 Å². The predicted octanol–water partition coefficient (Wildman–Crippen LogP) is 1.46. The van der Waals surface area contributed by atoms with Gasteiger partial charge in [0.25, 0.3) is 5.69 Å². The lowest BCUT2D eigenvalue weighted by Crippen LogP contribution is -2.36. The standard InChI is InChI=1S/C14H21N3O5S/c1-3-16(4-2)23(20,21)12-5-6-13(14(11-12)17(18)19)15-7-9-22-10-8-15/h5-6,11H,3-4,7-10H2,1-2H3. The molecule has 1 aliphatic heterocycles. The Labute approximate surface area is 135 Å². The molecule has 1 heterocycles. The van der Waals surface area contributed by atoms with Crippen molar-refractivity contribution in [2.75, 3.05) is 44.3 Å². The number of hydrogen-bond donors (Lipinski definition) is 0. The highest BCUT2D eigenvalue weighted by Crippen LogP contribution is 2.32. The molecule has 0 aliphatic carbocycles. The highest BCUT2D eigenvalue weighted by molar-refractivity contribution is 7.89. The predicted molar refractivity (Wildman–Crippen MR) is 86.2 cm³/mol. The van der Waals surface area contributed by atoms with E-state index < -0.39 is 14.9 Å². The molecule has 0 aromatic heterocycles. The van der Waals surface area contributed by atoms with Crippen LogP contribution in [0.5, 0.6) is 0 Å². The van der Waals surface area contributed by atoms with Crippen molar-refractivity contribution in [3.63, 3.8) is 0 Å². The molecular formula is C14H21N3O5S. The minimum Gasteiger partial charge on any atom is -0.378 e. The number of nitrogens with zero attached hydrogens (tertiary/aromatic N) is 3. The molecule has 128 valence electrons. The lowest BCUT2D eigenvalue weighted by Gasteiger charge is -2.28. The zero-order valence-electron chi connectivity index (χ0n) is 13.3. The van der Waals surface area contributed by atoms with Crippen LogP contribution in [0.1, 0.15) is 13.8 Å². The summed E-state index contributed by atoms with van der Waals surface area (Å²) in [4.78, 5) is 12.6. The van der Waals surface area contributed by atoms with Crippen LogP contribution in [-0.4, -0.2) is 57.0 Å². The van der Waals surface area contributed by atoms with E-state index in [9.17, 15) is 18.5 Å². The van der Waals surface area contributed by atoms with Crippen molar-refractivity contribution in [3.8, 4) is 0 Å². The van der Waals surface area contributed by atoms with Crippen LogP contribution in [-0.2, 0) is 14.8 Å².